The quantitative estimate of drug-likeness (QED) is 0.697. The first kappa shape index (κ1) is 11.8. The number of allylic oxidation sites excluding steroid dienone is 1. The Balaban J connectivity index is 2.06. The largest absolute Gasteiger partial charge is 0.269 e. The van der Waals surface area contributed by atoms with Gasteiger partial charge in [0.25, 0.3) is 0 Å². The summed E-state index contributed by atoms with van der Waals surface area (Å²) in [6, 6.07) is 4.94. The molecule has 2 atom stereocenters. The van der Waals surface area contributed by atoms with Crippen molar-refractivity contribution in [3.63, 3.8) is 0 Å². The molecular formula is C16H21NO. The third-order valence-corrected chi connectivity index (χ3v) is 3.86. The highest BCUT2D eigenvalue weighted by Gasteiger charge is 2.38. The third kappa shape index (κ3) is 1.85. The van der Waals surface area contributed by atoms with Crippen molar-refractivity contribution in [2.24, 2.45) is 0 Å². The molecule has 0 amide bonds. The van der Waals surface area contributed by atoms with Crippen molar-refractivity contribution < 1.29 is 4.84 Å². The lowest BCUT2D eigenvalue weighted by molar-refractivity contribution is 0.0750. The molecule has 2 aliphatic heterocycles. The van der Waals surface area contributed by atoms with Crippen molar-refractivity contribution in [1.29, 1.82) is 0 Å². The van der Waals surface area contributed by atoms with Gasteiger partial charge in [0.2, 0.25) is 0 Å². The van der Waals surface area contributed by atoms with E-state index in [0.29, 0.717) is 12.1 Å². The second kappa shape index (κ2) is 4.13. The maximum atomic E-state index is 6.04. The van der Waals surface area contributed by atoms with Gasteiger partial charge in [-0.2, -0.15) is 0 Å². The second-order valence-corrected chi connectivity index (χ2v) is 5.88. The van der Waals surface area contributed by atoms with Crippen LogP contribution in [0.25, 0.3) is 0 Å². The molecule has 2 bridgehead atoms. The number of benzene rings is 1. The van der Waals surface area contributed by atoms with Gasteiger partial charge in [-0.25, -0.2) is 5.06 Å². The normalized spacial score (nSPS) is 25.0. The lowest BCUT2D eigenvalue weighted by Crippen LogP contribution is -2.31. The molecule has 0 spiro atoms. The Bertz CT molecular complexity index is 514. The average Bonchev–Trinajstić information content (AvgIpc) is 2.58. The number of hydroxylamine groups is 1. The van der Waals surface area contributed by atoms with Crippen LogP contribution >= 0.6 is 0 Å². The van der Waals surface area contributed by atoms with Gasteiger partial charge in [-0.05, 0) is 50.5 Å². The minimum Gasteiger partial charge on any atom is -0.269 e. The number of anilines is 1. The summed E-state index contributed by atoms with van der Waals surface area (Å²) < 4.78 is 0. The summed E-state index contributed by atoms with van der Waals surface area (Å²) in [5.41, 5.74) is 6.84. The summed E-state index contributed by atoms with van der Waals surface area (Å²) in [5.74, 6) is 0. The monoisotopic (exact) mass is 243 g/mol. The van der Waals surface area contributed by atoms with E-state index in [9.17, 15) is 0 Å². The molecule has 3 rings (SSSR count). The first-order valence-electron chi connectivity index (χ1n) is 6.76. The Labute approximate surface area is 109 Å². The highest BCUT2D eigenvalue weighted by molar-refractivity contribution is 5.60. The topological polar surface area (TPSA) is 12.5 Å². The van der Waals surface area contributed by atoms with Crippen LogP contribution in [0.1, 0.15) is 37.0 Å². The highest BCUT2D eigenvalue weighted by atomic mass is 16.7. The van der Waals surface area contributed by atoms with Gasteiger partial charge >= 0.3 is 0 Å². The van der Waals surface area contributed by atoms with Gasteiger partial charge in [0.05, 0.1) is 17.8 Å². The molecule has 2 aliphatic rings. The van der Waals surface area contributed by atoms with Gasteiger partial charge < -0.3 is 0 Å². The predicted molar refractivity (Wildman–Crippen MR) is 74.8 cm³/mol. The standard InChI is InChI=1S/C16H21NO/c1-10(2)5-13-8-14-9-15-12(4)6-11(3)7-16(15)17(13)18-14/h5-7,13-14H,8-9H2,1-4H3/t13-,14+/m1/s1. The van der Waals surface area contributed by atoms with E-state index >= 15 is 0 Å². The minimum absolute atomic E-state index is 0.361. The fourth-order valence-corrected chi connectivity index (χ4v) is 3.19. The van der Waals surface area contributed by atoms with E-state index in [1.807, 2.05) is 0 Å². The van der Waals surface area contributed by atoms with Crippen LogP contribution in [0.5, 0.6) is 0 Å². The Kier molecular flexibility index (Phi) is 2.70. The zero-order valence-electron chi connectivity index (χ0n) is 11.7. The molecule has 2 nitrogen and oxygen atoms in total. The molecule has 0 saturated carbocycles. The van der Waals surface area contributed by atoms with Crippen LogP contribution in [0, 0.1) is 13.8 Å². The molecular weight excluding hydrogens is 222 g/mol. The fourth-order valence-electron chi connectivity index (χ4n) is 3.19. The van der Waals surface area contributed by atoms with Gasteiger partial charge in [-0.3, -0.25) is 4.84 Å². The zero-order valence-corrected chi connectivity index (χ0v) is 11.7. The molecule has 0 N–H and O–H groups in total. The van der Waals surface area contributed by atoms with Gasteiger partial charge in [0.1, 0.15) is 0 Å². The molecule has 0 unspecified atom stereocenters. The molecule has 2 heteroatoms. The molecule has 1 saturated heterocycles. The van der Waals surface area contributed by atoms with E-state index in [4.69, 9.17) is 4.84 Å². The lowest BCUT2D eigenvalue weighted by atomic mass is 9.97. The van der Waals surface area contributed by atoms with Crippen molar-refractivity contribution in [3.8, 4) is 0 Å². The lowest BCUT2D eigenvalue weighted by Gasteiger charge is -2.30. The molecule has 1 aromatic rings. The number of rotatable bonds is 1. The Hall–Kier alpha value is -1.28. The van der Waals surface area contributed by atoms with Crippen LogP contribution in [-0.2, 0) is 11.3 Å². The number of hydrogen-bond acceptors (Lipinski definition) is 2. The van der Waals surface area contributed by atoms with Crippen LogP contribution in [0.15, 0.2) is 23.8 Å². The van der Waals surface area contributed by atoms with Gasteiger partial charge in [-0.1, -0.05) is 17.7 Å². The van der Waals surface area contributed by atoms with Crippen molar-refractivity contribution in [1.82, 2.24) is 0 Å². The molecule has 18 heavy (non-hydrogen) atoms. The average molecular weight is 243 g/mol. The maximum absolute atomic E-state index is 6.04. The molecule has 2 heterocycles. The smallest absolute Gasteiger partial charge is 0.0921 e. The molecule has 0 aromatic heterocycles. The van der Waals surface area contributed by atoms with Crippen molar-refractivity contribution in [3.05, 3.63) is 40.5 Å². The van der Waals surface area contributed by atoms with Crippen LogP contribution in [-0.4, -0.2) is 12.1 Å². The maximum Gasteiger partial charge on any atom is 0.0921 e. The van der Waals surface area contributed by atoms with E-state index in [-0.39, 0.29) is 0 Å². The van der Waals surface area contributed by atoms with Crippen molar-refractivity contribution >= 4 is 5.69 Å². The van der Waals surface area contributed by atoms with E-state index in [1.165, 1.54) is 28.0 Å². The Morgan fingerprint density at radius 1 is 1.33 bits per heavy atom. The molecule has 0 aliphatic carbocycles. The van der Waals surface area contributed by atoms with E-state index in [1.54, 1.807) is 0 Å². The summed E-state index contributed by atoms with van der Waals surface area (Å²) in [6.45, 7) is 8.69. The van der Waals surface area contributed by atoms with Crippen molar-refractivity contribution in [2.75, 3.05) is 5.06 Å². The molecule has 0 radical (unpaired) electrons. The number of hydrogen-bond donors (Lipinski definition) is 0. The molecule has 1 aromatic carbocycles. The third-order valence-electron chi connectivity index (χ3n) is 3.86. The van der Waals surface area contributed by atoms with Crippen molar-refractivity contribution in [2.45, 2.75) is 52.7 Å². The first-order chi connectivity index (χ1) is 8.54. The summed E-state index contributed by atoms with van der Waals surface area (Å²) in [4.78, 5) is 6.04. The van der Waals surface area contributed by atoms with Crippen LogP contribution in [0.3, 0.4) is 0 Å². The number of aryl methyl sites for hydroxylation is 2. The second-order valence-electron chi connectivity index (χ2n) is 5.88. The van der Waals surface area contributed by atoms with Gasteiger partial charge in [0.15, 0.2) is 0 Å². The van der Waals surface area contributed by atoms with Gasteiger partial charge in [0, 0.05) is 12.8 Å². The summed E-state index contributed by atoms with van der Waals surface area (Å²) in [6.07, 6.45) is 4.86. The van der Waals surface area contributed by atoms with E-state index in [0.717, 1.165) is 12.8 Å². The SMILES string of the molecule is CC(C)=C[C@@H]1C[C@H]2Cc3c(C)cc(C)cc3N1O2. The zero-order chi connectivity index (χ0) is 12.9. The Morgan fingerprint density at radius 2 is 2.11 bits per heavy atom. The summed E-state index contributed by atoms with van der Waals surface area (Å²) in [5, 5.41) is 2.14. The number of fused-ring (bicyclic) bond motifs is 4. The van der Waals surface area contributed by atoms with Gasteiger partial charge in [-0.15, -0.1) is 0 Å². The van der Waals surface area contributed by atoms with Crippen LogP contribution in [0.2, 0.25) is 0 Å². The molecule has 1 fully saturated rings. The van der Waals surface area contributed by atoms with Crippen LogP contribution < -0.4 is 5.06 Å². The van der Waals surface area contributed by atoms with E-state index in [2.05, 4.69) is 51.0 Å². The fraction of sp³-hybridized carbons (Fsp3) is 0.500. The minimum atomic E-state index is 0.361. The first-order valence-corrected chi connectivity index (χ1v) is 6.76. The summed E-state index contributed by atoms with van der Waals surface area (Å²) in [7, 11) is 0. The number of nitrogens with zero attached hydrogens (tertiary/aromatic N) is 1. The van der Waals surface area contributed by atoms with E-state index < -0.39 is 0 Å². The Morgan fingerprint density at radius 3 is 2.83 bits per heavy atom. The predicted octanol–water partition coefficient (Wildman–Crippen LogP) is 3.70. The van der Waals surface area contributed by atoms with Crippen LogP contribution in [0.4, 0.5) is 5.69 Å². The summed E-state index contributed by atoms with van der Waals surface area (Å²) >= 11 is 0. The highest BCUT2D eigenvalue weighted by Crippen LogP contribution is 2.40. The molecule has 96 valence electrons.